The van der Waals surface area contributed by atoms with Gasteiger partial charge in [-0.05, 0) is 12.1 Å². The first-order valence-electron chi connectivity index (χ1n) is 6.65. The van der Waals surface area contributed by atoms with Crippen molar-refractivity contribution in [3.63, 3.8) is 0 Å². The highest BCUT2D eigenvalue weighted by Gasteiger charge is 2.23. The monoisotopic (exact) mass is 396 g/mol. The molecule has 0 bridgehead atoms. The van der Waals surface area contributed by atoms with Crippen LogP contribution in [0.2, 0.25) is 0 Å². The smallest absolute Gasteiger partial charge is 0.418 e. The Kier molecular flexibility index (Phi) is 8.61. The number of nitrogens with zero attached hydrogens (tertiary/aromatic N) is 2. The van der Waals surface area contributed by atoms with Crippen LogP contribution in [0.15, 0.2) is 36.4 Å². The largest absolute Gasteiger partial charge is 0.673 e. The molecule has 0 N–H and O–H groups in total. The molecule has 0 saturated carbocycles. The molecule has 0 aromatic carbocycles. The molecule has 0 radical (unpaired) electrons. The van der Waals surface area contributed by atoms with Crippen LogP contribution in [-0.4, -0.2) is 14.5 Å². The van der Waals surface area contributed by atoms with E-state index in [-0.39, 0.29) is 11.9 Å². The molecule has 2 nitrogen and oxygen atoms in total. The maximum atomic E-state index is 13.4. The molecule has 0 saturated heterocycles. The van der Waals surface area contributed by atoms with Gasteiger partial charge < -0.3 is 34.5 Å². The molecule has 2 rings (SSSR count). The van der Waals surface area contributed by atoms with Crippen LogP contribution in [-0.2, 0) is 14.1 Å². The molecular weight excluding hydrogens is 384 g/mol. The lowest BCUT2D eigenvalue weighted by molar-refractivity contribution is -0.718. The van der Waals surface area contributed by atoms with E-state index in [2.05, 4.69) is 0 Å². The van der Waals surface area contributed by atoms with Gasteiger partial charge in [-0.2, -0.15) is 9.13 Å². The Bertz CT molecular complexity index is 645. The summed E-state index contributed by atoms with van der Waals surface area (Å²) >= 11 is 0. The lowest BCUT2D eigenvalue weighted by Gasteiger charge is -1.99. The van der Waals surface area contributed by atoms with Crippen LogP contribution in [0, 0.1) is 11.9 Å². The molecule has 0 aliphatic rings. The van der Waals surface area contributed by atoms with Crippen molar-refractivity contribution in [3.8, 4) is 11.4 Å². The molecule has 0 spiro atoms. The van der Waals surface area contributed by atoms with E-state index in [0.29, 0.717) is 11.4 Å². The van der Waals surface area contributed by atoms with Gasteiger partial charge in [0.25, 0.3) is 11.4 Å². The van der Waals surface area contributed by atoms with Gasteiger partial charge in [-0.1, -0.05) is 0 Å². The van der Waals surface area contributed by atoms with E-state index in [1.54, 1.807) is 38.4 Å². The second-order valence-electron chi connectivity index (χ2n) is 4.58. The molecule has 2 heterocycles. The molecule has 0 amide bonds. The summed E-state index contributed by atoms with van der Waals surface area (Å²) in [7, 11) is -8.79. The van der Waals surface area contributed by atoms with Crippen LogP contribution < -0.4 is 9.13 Å². The SMILES string of the molecule is C[n+]1c(F)cccc1-c1cccc(F)[n+]1C.F[B-](F)(F)F.F[B-](F)(F)F. The van der Waals surface area contributed by atoms with E-state index >= 15 is 0 Å². The van der Waals surface area contributed by atoms with Crippen molar-refractivity contribution < 1.29 is 52.4 Å². The number of hydrogen-bond donors (Lipinski definition) is 0. The van der Waals surface area contributed by atoms with Crippen molar-refractivity contribution in [2.75, 3.05) is 0 Å². The van der Waals surface area contributed by atoms with Gasteiger partial charge in [-0.25, -0.2) is 0 Å². The first kappa shape index (κ1) is 23.7. The highest BCUT2D eigenvalue weighted by molar-refractivity contribution is 6.50. The lowest BCUT2D eigenvalue weighted by Crippen LogP contribution is -2.42. The van der Waals surface area contributed by atoms with Crippen LogP contribution in [0.25, 0.3) is 11.4 Å². The van der Waals surface area contributed by atoms with Crippen molar-refractivity contribution in [1.29, 1.82) is 0 Å². The van der Waals surface area contributed by atoms with Gasteiger partial charge in [0.1, 0.15) is 14.1 Å². The van der Waals surface area contributed by atoms with Gasteiger partial charge in [0.2, 0.25) is 0 Å². The van der Waals surface area contributed by atoms with Crippen LogP contribution >= 0.6 is 0 Å². The Morgan fingerprint density at radius 1 is 0.577 bits per heavy atom. The Hall–Kier alpha value is -2.27. The minimum absolute atomic E-state index is 0.359. The standard InChI is InChI=1S/C12H12F2N2.2BF4/c1-15-9(5-3-7-11(15)13)10-6-4-8-12(14)16(10)2;2*2-1(3,4)5/h3-8H,1-2H3;;/q+2;2*-1. The maximum absolute atomic E-state index is 13.4. The Morgan fingerprint density at radius 3 is 1.04 bits per heavy atom. The third-order valence-electron chi connectivity index (χ3n) is 2.60. The zero-order chi connectivity index (χ0) is 20.7. The topological polar surface area (TPSA) is 7.76 Å². The first-order valence-corrected chi connectivity index (χ1v) is 6.65. The van der Waals surface area contributed by atoms with Gasteiger partial charge in [0.15, 0.2) is 0 Å². The average molecular weight is 396 g/mol. The summed E-state index contributed by atoms with van der Waals surface area (Å²) in [5.41, 5.74) is 1.25. The fraction of sp³-hybridized carbons (Fsp3) is 0.167. The summed E-state index contributed by atoms with van der Waals surface area (Å²) in [6.45, 7) is 0. The first-order chi connectivity index (χ1) is 11.6. The van der Waals surface area contributed by atoms with Crippen LogP contribution in [0.3, 0.4) is 0 Å². The summed E-state index contributed by atoms with van der Waals surface area (Å²) in [4.78, 5) is 0. The molecule has 146 valence electrons. The Balaban J connectivity index is 0.000000520. The van der Waals surface area contributed by atoms with E-state index in [0.717, 1.165) is 0 Å². The quantitative estimate of drug-likeness (QED) is 0.299. The molecule has 14 heteroatoms. The Labute approximate surface area is 141 Å². The van der Waals surface area contributed by atoms with Crippen molar-refractivity contribution in [2.24, 2.45) is 14.1 Å². The van der Waals surface area contributed by atoms with Crippen LogP contribution in [0.5, 0.6) is 0 Å². The summed E-state index contributed by atoms with van der Waals surface area (Å²) in [6, 6.07) is 9.44. The van der Waals surface area contributed by atoms with E-state index in [4.69, 9.17) is 0 Å². The molecule has 0 fully saturated rings. The second-order valence-corrected chi connectivity index (χ2v) is 4.58. The fourth-order valence-electron chi connectivity index (χ4n) is 1.63. The van der Waals surface area contributed by atoms with Crippen molar-refractivity contribution in [3.05, 3.63) is 48.3 Å². The maximum Gasteiger partial charge on any atom is 0.673 e. The molecule has 0 aliphatic carbocycles. The molecule has 0 aliphatic heterocycles. The summed E-state index contributed by atoms with van der Waals surface area (Å²) < 4.78 is 107. The molecular formula is C12H12B2F10N2. The van der Waals surface area contributed by atoms with Crippen molar-refractivity contribution in [1.82, 2.24) is 0 Å². The third kappa shape index (κ3) is 10.6. The number of pyridine rings is 2. The van der Waals surface area contributed by atoms with Crippen LogP contribution in [0.4, 0.5) is 43.3 Å². The molecule has 0 unspecified atom stereocenters. The fourth-order valence-corrected chi connectivity index (χ4v) is 1.63. The summed E-state index contributed by atoms with van der Waals surface area (Å²) in [5, 5.41) is 0. The normalized spacial score (nSPS) is 11.1. The van der Waals surface area contributed by atoms with Gasteiger partial charge in [0.05, 0.1) is 0 Å². The van der Waals surface area contributed by atoms with Crippen molar-refractivity contribution in [2.45, 2.75) is 0 Å². The van der Waals surface area contributed by atoms with Crippen molar-refractivity contribution >= 4 is 14.5 Å². The number of halogens is 10. The molecule has 0 atom stereocenters. The summed E-state index contributed by atoms with van der Waals surface area (Å²) in [6.07, 6.45) is 0. The predicted molar refractivity (Wildman–Crippen MR) is 74.5 cm³/mol. The number of aromatic nitrogens is 2. The highest BCUT2D eigenvalue weighted by Crippen LogP contribution is 2.10. The highest BCUT2D eigenvalue weighted by atomic mass is 19.5. The third-order valence-corrected chi connectivity index (χ3v) is 2.60. The zero-order valence-electron chi connectivity index (χ0n) is 13.3. The molecule has 2 aromatic rings. The molecule has 26 heavy (non-hydrogen) atoms. The van der Waals surface area contributed by atoms with E-state index in [1.165, 1.54) is 21.3 Å². The minimum atomic E-state index is -6.00. The zero-order valence-corrected chi connectivity index (χ0v) is 13.3. The molecule has 2 aromatic heterocycles. The van der Waals surface area contributed by atoms with Gasteiger partial charge >= 0.3 is 26.4 Å². The van der Waals surface area contributed by atoms with Crippen LogP contribution in [0.1, 0.15) is 0 Å². The van der Waals surface area contributed by atoms with E-state index < -0.39 is 14.5 Å². The summed E-state index contributed by atoms with van der Waals surface area (Å²) in [5.74, 6) is -0.719. The van der Waals surface area contributed by atoms with E-state index in [9.17, 15) is 43.3 Å². The average Bonchev–Trinajstić information content (AvgIpc) is 2.42. The Morgan fingerprint density at radius 2 is 0.808 bits per heavy atom. The van der Waals surface area contributed by atoms with Gasteiger partial charge in [-0.3, -0.25) is 0 Å². The second kappa shape index (κ2) is 9.43. The van der Waals surface area contributed by atoms with E-state index in [1.807, 2.05) is 0 Å². The number of rotatable bonds is 1. The van der Waals surface area contributed by atoms with Gasteiger partial charge in [0, 0.05) is 24.3 Å². The lowest BCUT2D eigenvalue weighted by atomic mass is 10.2. The van der Waals surface area contributed by atoms with Gasteiger partial charge in [-0.15, -0.1) is 8.78 Å². The predicted octanol–water partition coefficient (Wildman–Crippen LogP) is 3.88. The minimum Gasteiger partial charge on any atom is -0.418 e. The number of hydrogen-bond acceptors (Lipinski definition) is 0.